The number of aromatic hydroxyl groups is 1. The zero-order chi connectivity index (χ0) is 13.5. The first kappa shape index (κ1) is 13.8. The van der Waals surface area contributed by atoms with E-state index in [1.807, 2.05) is 19.1 Å². The summed E-state index contributed by atoms with van der Waals surface area (Å²) in [7, 11) is 0. The molecule has 0 aliphatic carbocycles. The smallest absolute Gasteiger partial charge is 0.163 e. The normalized spacial score (nSPS) is 10.3. The first-order valence-corrected chi connectivity index (χ1v) is 5.58. The highest BCUT2D eigenvalue weighted by Crippen LogP contribution is 2.23. The maximum atomic E-state index is 11.2. The largest absolute Gasteiger partial charge is 0.507 e. The monoisotopic (exact) mass is 245 g/mol. The van der Waals surface area contributed by atoms with Gasteiger partial charge in [0.25, 0.3) is 0 Å². The molecule has 0 aliphatic rings. The Hall–Kier alpha value is -2.26. The first-order chi connectivity index (χ1) is 8.56. The van der Waals surface area contributed by atoms with Crippen molar-refractivity contribution in [2.24, 2.45) is 5.11 Å². The number of nitrogens with zero attached hydrogens (tertiary/aromatic N) is 3. The van der Waals surface area contributed by atoms with Gasteiger partial charge in [-0.15, -0.1) is 0 Å². The Morgan fingerprint density at radius 2 is 2.28 bits per heavy atom. The third-order valence-electron chi connectivity index (χ3n) is 2.52. The van der Waals surface area contributed by atoms with Crippen LogP contribution in [0.5, 0.6) is 5.75 Å². The maximum Gasteiger partial charge on any atom is 0.163 e. The van der Waals surface area contributed by atoms with Crippen molar-refractivity contribution in [1.82, 2.24) is 0 Å². The molecular weight excluding hydrogens is 230 g/mol. The number of hydrogen-bond acceptors (Lipinski definition) is 3. The molecule has 0 saturated heterocycles. The van der Waals surface area contributed by atoms with Crippen molar-refractivity contribution >= 4 is 11.9 Å². The lowest BCUT2D eigenvalue weighted by Gasteiger charge is -2.06. The van der Waals surface area contributed by atoms with Gasteiger partial charge >= 0.3 is 0 Å². The van der Waals surface area contributed by atoms with E-state index in [2.05, 4.69) is 10.0 Å². The van der Waals surface area contributed by atoms with Crippen LogP contribution in [-0.4, -0.2) is 17.4 Å². The van der Waals surface area contributed by atoms with E-state index < -0.39 is 0 Å². The van der Waals surface area contributed by atoms with E-state index in [1.54, 1.807) is 12.1 Å². The molecule has 94 valence electrons. The molecule has 1 rings (SSSR count). The topological polar surface area (TPSA) is 86.1 Å². The molecule has 0 aromatic heterocycles. The van der Waals surface area contributed by atoms with Crippen molar-refractivity contribution in [3.63, 3.8) is 0 Å². The van der Waals surface area contributed by atoms with E-state index in [-0.39, 0.29) is 11.5 Å². The third-order valence-corrected chi connectivity index (χ3v) is 2.52. The summed E-state index contributed by atoms with van der Waals surface area (Å²) in [5, 5.41) is 13.1. The SMILES string of the molecule is CC(=O)c1cc(C)c(C=CCCN=[N+]=[N-])cc1O. The predicted molar refractivity (Wildman–Crippen MR) is 70.5 cm³/mol. The van der Waals surface area contributed by atoms with Gasteiger partial charge in [0.15, 0.2) is 5.78 Å². The Morgan fingerprint density at radius 3 is 2.89 bits per heavy atom. The molecule has 0 spiro atoms. The van der Waals surface area contributed by atoms with Gasteiger partial charge in [0.05, 0.1) is 5.56 Å². The van der Waals surface area contributed by atoms with Gasteiger partial charge in [-0.25, -0.2) is 0 Å². The van der Waals surface area contributed by atoms with Gasteiger partial charge in [-0.05, 0) is 49.1 Å². The second-order valence-corrected chi connectivity index (χ2v) is 3.93. The highest BCUT2D eigenvalue weighted by atomic mass is 16.3. The van der Waals surface area contributed by atoms with Crippen molar-refractivity contribution in [2.75, 3.05) is 6.54 Å². The van der Waals surface area contributed by atoms with E-state index >= 15 is 0 Å². The average molecular weight is 245 g/mol. The quantitative estimate of drug-likeness (QED) is 0.282. The lowest BCUT2D eigenvalue weighted by Crippen LogP contribution is -1.95. The summed E-state index contributed by atoms with van der Waals surface area (Å²) < 4.78 is 0. The summed E-state index contributed by atoms with van der Waals surface area (Å²) in [5.74, 6) is -0.169. The Bertz CT molecular complexity index is 529. The molecule has 0 saturated carbocycles. The molecule has 0 atom stereocenters. The molecule has 1 N–H and O–H groups in total. The fourth-order valence-corrected chi connectivity index (χ4v) is 1.56. The Morgan fingerprint density at radius 1 is 1.56 bits per heavy atom. The molecule has 1 aromatic carbocycles. The van der Waals surface area contributed by atoms with Crippen molar-refractivity contribution in [3.8, 4) is 5.75 Å². The van der Waals surface area contributed by atoms with Gasteiger partial charge in [0.2, 0.25) is 0 Å². The molecule has 0 unspecified atom stereocenters. The summed E-state index contributed by atoms with van der Waals surface area (Å²) in [6.07, 6.45) is 4.34. The van der Waals surface area contributed by atoms with E-state index in [1.165, 1.54) is 6.92 Å². The molecule has 1 aromatic rings. The molecule has 0 radical (unpaired) electrons. The number of ketones is 1. The summed E-state index contributed by atoms with van der Waals surface area (Å²) in [5.41, 5.74) is 10.2. The van der Waals surface area contributed by atoms with Gasteiger partial charge in [-0.1, -0.05) is 17.3 Å². The number of phenols is 1. The Balaban J connectivity index is 2.87. The molecule has 0 fully saturated rings. The van der Waals surface area contributed by atoms with Gasteiger partial charge in [0.1, 0.15) is 5.75 Å². The fraction of sp³-hybridized carbons (Fsp3) is 0.308. The first-order valence-electron chi connectivity index (χ1n) is 5.58. The van der Waals surface area contributed by atoms with E-state index in [4.69, 9.17) is 5.53 Å². The predicted octanol–water partition coefficient (Wildman–Crippen LogP) is 3.62. The zero-order valence-corrected chi connectivity index (χ0v) is 10.4. The number of rotatable bonds is 5. The van der Waals surface area contributed by atoms with Crippen molar-refractivity contribution in [1.29, 1.82) is 0 Å². The Labute approximate surface area is 105 Å². The lowest BCUT2D eigenvalue weighted by molar-refractivity contribution is 0.101. The molecule has 0 aliphatic heterocycles. The highest BCUT2D eigenvalue weighted by Gasteiger charge is 2.08. The van der Waals surface area contributed by atoms with Gasteiger partial charge in [0, 0.05) is 11.5 Å². The standard InChI is InChI=1S/C13H15N3O2/c1-9-7-12(10(2)17)13(18)8-11(9)5-3-4-6-15-16-14/h3,5,7-8,18H,4,6H2,1-2H3. The van der Waals surface area contributed by atoms with Crippen LogP contribution in [0.4, 0.5) is 0 Å². The van der Waals surface area contributed by atoms with Crippen molar-refractivity contribution in [2.45, 2.75) is 20.3 Å². The van der Waals surface area contributed by atoms with Crippen LogP contribution < -0.4 is 0 Å². The minimum absolute atomic E-state index is 0.0113. The second kappa shape index (κ2) is 6.47. The third kappa shape index (κ3) is 3.64. The molecule has 5 nitrogen and oxygen atoms in total. The van der Waals surface area contributed by atoms with E-state index in [9.17, 15) is 9.90 Å². The minimum atomic E-state index is -0.158. The number of carbonyl (C=O) groups excluding carboxylic acids is 1. The number of benzene rings is 1. The number of hydrogen-bond donors (Lipinski definition) is 1. The van der Waals surface area contributed by atoms with Crippen LogP contribution in [0.1, 0.15) is 34.8 Å². The Kier molecular flexibility index (Phi) is 4.96. The van der Waals surface area contributed by atoms with Gasteiger partial charge in [-0.3, -0.25) is 4.79 Å². The van der Waals surface area contributed by atoms with Crippen LogP contribution in [0.2, 0.25) is 0 Å². The van der Waals surface area contributed by atoms with Crippen LogP contribution in [-0.2, 0) is 0 Å². The van der Waals surface area contributed by atoms with Crippen LogP contribution in [0.15, 0.2) is 23.3 Å². The minimum Gasteiger partial charge on any atom is -0.507 e. The zero-order valence-electron chi connectivity index (χ0n) is 10.4. The number of carbonyl (C=O) groups is 1. The number of aryl methyl sites for hydroxylation is 1. The van der Waals surface area contributed by atoms with Crippen LogP contribution >= 0.6 is 0 Å². The molecule has 18 heavy (non-hydrogen) atoms. The van der Waals surface area contributed by atoms with E-state index in [0.717, 1.165) is 11.1 Å². The molecule has 0 heterocycles. The number of phenolic OH excluding ortho intramolecular Hbond substituents is 1. The number of Topliss-reactive ketones (excluding diaryl/α,β-unsaturated/α-hetero) is 1. The van der Waals surface area contributed by atoms with E-state index in [0.29, 0.717) is 18.5 Å². The van der Waals surface area contributed by atoms with Crippen LogP contribution in [0.25, 0.3) is 16.5 Å². The number of azide groups is 1. The van der Waals surface area contributed by atoms with Crippen molar-refractivity contribution < 1.29 is 9.90 Å². The maximum absolute atomic E-state index is 11.2. The van der Waals surface area contributed by atoms with Crippen LogP contribution in [0, 0.1) is 6.92 Å². The summed E-state index contributed by atoms with van der Waals surface area (Å²) in [6.45, 7) is 3.70. The summed E-state index contributed by atoms with van der Waals surface area (Å²) in [6, 6.07) is 3.24. The summed E-state index contributed by atoms with van der Waals surface area (Å²) >= 11 is 0. The molecule has 0 bridgehead atoms. The molecular formula is C13H15N3O2. The van der Waals surface area contributed by atoms with Gasteiger partial charge < -0.3 is 5.11 Å². The summed E-state index contributed by atoms with van der Waals surface area (Å²) in [4.78, 5) is 13.9. The van der Waals surface area contributed by atoms with Crippen molar-refractivity contribution in [3.05, 3.63) is 45.3 Å². The second-order valence-electron chi connectivity index (χ2n) is 3.93. The molecule has 0 amide bonds. The highest BCUT2D eigenvalue weighted by molar-refractivity contribution is 5.97. The fourth-order valence-electron chi connectivity index (χ4n) is 1.56. The lowest BCUT2D eigenvalue weighted by atomic mass is 10.0. The van der Waals surface area contributed by atoms with Crippen LogP contribution in [0.3, 0.4) is 0 Å². The van der Waals surface area contributed by atoms with Gasteiger partial charge in [-0.2, -0.15) is 0 Å². The molecule has 5 heteroatoms. The average Bonchev–Trinajstić information content (AvgIpc) is 2.32.